The van der Waals surface area contributed by atoms with Gasteiger partial charge in [-0.3, -0.25) is 0 Å². The van der Waals surface area contributed by atoms with Crippen molar-refractivity contribution in [3.8, 4) is 0 Å². The van der Waals surface area contributed by atoms with E-state index in [9.17, 15) is 19.8 Å². The van der Waals surface area contributed by atoms with Gasteiger partial charge in [0.1, 0.15) is 5.57 Å². The molecule has 0 bridgehead atoms. The molecule has 0 rings (SSSR count). The highest BCUT2D eigenvalue weighted by Crippen LogP contribution is 2.48. The highest BCUT2D eigenvalue weighted by Gasteiger charge is 2.41. The van der Waals surface area contributed by atoms with Crippen LogP contribution in [0.3, 0.4) is 0 Å². The zero-order valence-corrected chi connectivity index (χ0v) is 14.9. The quantitative estimate of drug-likeness (QED) is 0.347. The Morgan fingerprint density at radius 3 is 1.73 bits per heavy atom. The van der Waals surface area contributed by atoms with Crippen LogP contribution >= 0.6 is 0 Å². The molecule has 4 heteroatoms. The first-order chi connectivity index (χ1) is 10.1. The molecule has 22 heavy (non-hydrogen) atoms. The zero-order valence-electron chi connectivity index (χ0n) is 14.9. The standard InChI is InChI=1S/C18H32O4/c1-7-9-14(15(16(19)20)17(21)22)18(10-8-2,13(5)6)11-12(3)4/h12-13H,7-11H2,1-6H3,(H,19,20)(H,21,22). The van der Waals surface area contributed by atoms with E-state index >= 15 is 0 Å². The Morgan fingerprint density at radius 2 is 1.45 bits per heavy atom. The molecule has 0 radical (unpaired) electrons. The van der Waals surface area contributed by atoms with E-state index < -0.39 is 17.5 Å². The third kappa shape index (κ3) is 4.85. The van der Waals surface area contributed by atoms with Crippen LogP contribution in [0.1, 0.15) is 73.6 Å². The van der Waals surface area contributed by atoms with Gasteiger partial charge in [-0.1, -0.05) is 54.4 Å². The number of allylic oxidation sites excluding steroid dienone is 1. The van der Waals surface area contributed by atoms with Crippen molar-refractivity contribution in [3.05, 3.63) is 11.1 Å². The summed E-state index contributed by atoms with van der Waals surface area (Å²) in [5, 5.41) is 18.9. The average Bonchev–Trinajstić information content (AvgIpc) is 2.35. The van der Waals surface area contributed by atoms with Crippen LogP contribution in [0.25, 0.3) is 0 Å². The Hall–Kier alpha value is -1.32. The Labute approximate surface area is 134 Å². The lowest BCUT2D eigenvalue weighted by molar-refractivity contribution is -0.140. The van der Waals surface area contributed by atoms with E-state index in [-0.39, 0.29) is 11.3 Å². The van der Waals surface area contributed by atoms with Crippen LogP contribution in [0.4, 0.5) is 0 Å². The molecule has 0 aliphatic heterocycles. The van der Waals surface area contributed by atoms with Gasteiger partial charge in [0.25, 0.3) is 0 Å². The molecule has 2 N–H and O–H groups in total. The minimum atomic E-state index is -1.32. The molecule has 1 atom stereocenters. The fourth-order valence-corrected chi connectivity index (χ4v) is 3.65. The number of hydrogen-bond donors (Lipinski definition) is 2. The summed E-state index contributed by atoms with van der Waals surface area (Å²) in [5.41, 5.74) is -0.143. The third-order valence-electron chi connectivity index (χ3n) is 4.40. The van der Waals surface area contributed by atoms with Crippen molar-refractivity contribution in [1.29, 1.82) is 0 Å². The smallest absolute Gasteiger partial charge is 0.343 e. The summed E-state index contributed by atoms with van der Waals surface area (Å²) in [6, 6.07) is 0. The number of rotatable bonds is 10. The molecule has 128 valence electrons. The summed E-state index contributed by atoms with van der Waals surface area (Å²) >= 11 is 0. The van der Waals surface area contributed by atoms with Crippen molar-refractivity contribution in [2.45, 2.75) is 73.6 Å². The number of carboxylic acids is 2. The summed E-state index contributed by atoms with van der Waals surface area (Å²) in [6.45, 7) is 12.4. The molecule has 0 fully saturated rings. The molecule has 0 spiro atoms. The minimum Gasteiger partial charge on any atom is -0.477 e. The van der Waals surface area contributed by atoms with Gasteiger partial charge in [-0.05, 0) is 42.1 Å². The van der Waals surface area contributed by atoms with Gasteiger partial charge in [0, 0.05) is 0 Å². The second-order valence-corrected chi connectivity index (χ2v) is 6.87. The monoisotopic (exact) mass is 312 g/mol. The van der Waals surface area contributed by atoms with Crippen LogP contribution in [-0.4, -0.2) is 22.2 Å². The van der Waals surface area contributed by atoms with Crippen LogP contribution < -0.4 is 0 Å². The summed E-state index contributed by atoms with van der Waals surface area (Å²) < 4.78 is 0. The van der Waals surface area contributed by atoms with Crippen molar-refractivity contribution in [1.82, 2.24) is 0 Å². The van der Waals surface area contributed by atoms with Gasteiger partial charge < -0.3 is 10.2 Å². The first kappa shape index (κ1) is 20.7. The van der Waals surface area contributed by atoms with Crippen molar-refractivity contribution in [2.24, 2.45) is 17.3 Å². The highest BCUT2D eigenvalue weighted by molar-refractivity contribution is 6.13. The van der Waals surface area contributed by atoms with Gasteiger partial charge in [-0.2, -0.15) is 0 Å². The van der Waals surface area contributed by atoms with Crippen LogP contribution in [0, 0.1) is 17.3 Å². The number of carbonyl (C=O) groups is 2. The summed E-state index contributed by atoms with van der Waals surface area (Å²) in [5.74, 6) is -2.06. The van der Waals surface area contributed by atoms with Crippen molar-refractivity contribution < 1.29 is 19.8 Å². The molecule has 0 amide bonds. The molecule has 0 aliphatic rings. The second kappa shape index (κ2) is 8.96. The lowest BCUT2D eigenvalue weighted by Gasteiger charge is -2.42. The van der Waals surface area contributed by atoms with Gasteiger partial charge in [-0.15, -0.1) is 0 Å². The Morgan fingerprint density at radius 1 is 0.955 bits per heavy atom. The molecule has 1 unspecified atom stereocenters. The Balaban J connectivity index is 6.45. The highest BCUT2D eigenvalue weighted by atomic mass is 16.4. The van der Waals surface area contributed by atoms with Crippen molar-refractivity contribution >= 4 is 11.9 Å². The normalized spacial score (nSPS) is 14.0. The van der Waals surface area contributed by atoms with E-state index in [1.165, 1.54) is 0 Å². The molecule has 4 nitrogen and oxygen atoms in total. The first-order valence-electron chi connectivity index (χ1n) is 8.34. The maximum Gasteiger partial charge on any atom is 0.343 e. The van der Waals surface area contributed by atoms with E-state index in [4.69, 9.17) is 0 Å². The average molecular weight is 312 g/mol. The molecule has 0 saturated heterocycles. The molecule has 0 saturated carbocycles. The number of aliphatic carboxylic acids is 2. The second-order valence-electron chi connectivity index (χ2n) is 6.87. The van der Waals surface area contributed by atoms with Gasteiger partial charge in [-0.25, -0.2) is 9.59 Å². The van der Waals surface area contributed by atoms with Crippen molar-refractivity contribution in [2.75, 3.05) is 0 Å². The summed E-state index contributed by atoms with van der Waals surface area (Å²) in [4.78, 5) is 23.2. The molecular weight excluding hydrogens is 280 g/mol. The van der Waals surface area contributed by atoms with E-state index in [1.807, 2.05) is 6.92 Å². The Bertz CT molecular complexity index is 405. The predicted molar refractivity (Wildman–Crippen MR) is 88.8 cm³/mol. The number of hydrogen-bond acceptors (Lipinski definition) is 2. The van der Waals surface area contributed by atoms with Crippen LogP contribution in [0.5, 0.6) is 0 Å². The topological polar surface area (TPSA) is 74.6 Å². The van der Waals surface area contributed by atoms with Crippen molar-refractivity contribution in [3.63, 3.8) is 0 Å². The fourth-order valence-electron chi connectivity index (χ4n) is 3.65. The maximum atomic E-state index is 11.6. The minimum absolute atomic E-state index is 0.199. The fraction of sp³-hybridized carbons (Fsp3) is 0.778. The first-order valence-corrected chi connectivity index (χ1v) is 8.34. The van der Waals surface area contributed by atoms with E-state index in [0.717, 1.165) is 25.7 Å². The molecule has 0 aromatic carbocycles. The zero-order chi connectivity index (χ0) is 17.5. The van der Waals surface area contributed by atoms with E-state index in [1.54, 1.807) is 0 Å². The maximum absolute atomic E-state index is 11.6. The summed E-state index contributed by atoms with van der Waals surface area (Å²) in [6.07, 6.45) is 3.82. The summed E-state index contributed by atoms with van der Waals surface area (Å²) in [7, 11) is 0. The van der Waals surface area contributed by atoms with E-state index in [0.29, 0.717) is 17.9 Å². The van der Waals surface area contributed by atoms with Crippen LogP contribution in [-0.2, 0) is 9.59 Å². The number of carboxylic acid groups (broad SMARTS) is 2. The van der Waals surface area contributed by atoms with Gasteiger partial charge in [0.2, 0.25) is 0 Å². The van der Waals surface area contributed by atoms with E-state index in [2.05, 4.69) is 34.6 Å². The van der Waals surface area contributed by atoms with Crippen LogP contribution in [0.15, 0.2) is 11.1 Å². The molecular formula is C18H32O4. The SMILES string of the molecule is CCCC(=C(C(=O)O)C(=O)O)C(CCC)(CC(C)C)C(C)C. The van der Waals surface area contributed by atoms with Gasteiger partial charge in [0.15, 0.2) is 0 Å². The Kier molecular flexibility index (Phi) is 8.43. The lowest BCUT2D eigenvalue weighted by atomic mass is 9.62. The third-order valence-corrected chi connectivity index (χ3v) is 4.40. The molecule has 0 aromatic heterocycles. The molecule has 0 aliphatic carbocycles. The molecule has 0 aromatic rings. The largest absolute Gasteiger partial charge is 0.477 e. The van der Waals surface area contributed by atoms with Gasteiger partial charge in [0.05, 0.1) is 0 Å². The predicted octanol–water partition coefficient (Wildman–Crippen LogP) is 4.74. The van der Waals surface area contributed by atoms with Gasteiger partial charge >= 0.3 is 11.9 Å². The lowest BCUT2D eigenvalue weighted by Crippen LogP contribution is -2.35. The van der Waals surface area contributed by atoms with Crippen LogP contribution in [0.2, 0.25) is 0 Å². The molecule has 0 heterocycles.